The monoisotopic (exact) mass is 691 g/mol. The second-order valence-electron chi connectivity index (χ2n) is 15.5. The lowest BCUT2D eigenvalue weighted by molar-refractivity contribution is -0.141. The van der Waals surface area contributed by atoms with Crippen molar-refractivity contribution in [2.75, 3.05) is 13.1 Å². The number of fused-ring (bicyclic) bond motifs is 3. The van der Waals surface area contributed by atoms with Gasteiger partial charge in [0.2, 0.25) is 5.91 Å². The Balaban J connectivity index is 1.24. The van der Waals surface area contributed by atoms with E-state index >= 15 is 0 Å². The highest BCUT2D eigenvalue weighted by Crippen LogP contribution is 2.46. The molecule has 2 saturated heterocycles. The Kier molecular flexibility index (Phi) is 9.51. The van der Waals surface area contributed by atoms with E-state index in [9.17, 15) is 28.0 Å². The number of pyridine rings is 1. The van der Waals surface area contributed by atoms with Gasteiger partial charge >= 0.3 is 6.09 Å². The molecule has 1 saturated carbocycles. The highest BCUT2D eigenvalue weighted by molar-refractivity contribution is 6.10. The number of Topliss-reactive ketones (excluding diaryl/α,β-unsaturated/α-hetero) is 1. The molecule has 2 aromatic heterocycles. The predicted molar refractivity (Wildman–Crippen MR) is 184 cm³/mol. The number of amides is 3. The normalized spacial score (nSPS) is 22.5. The number of alkyl halides is 1. The summed E-state index contributed by atoms with van der Waals surface area (Å²) in [7, 11) is 0. The van der Waals surface area contributed by atoms with Gasteiger partial charge in [-0.1, -0.05) is 0 Å². The van der Waals surface area contributed by atoms with E-state index < -0.39 is 41.6 Å². The van der Waals surface area contributed by atoms with Gasteiger partial charge in [0.25, 0.3) is 5.91 Å². The van der Waals surface area contributed by atoms with Gasteiger partial charge in [0, 0.05) is 66.4 Å². The van der Waals surface area contributed by atoms with Crippen LogP contribution in [0.3, 0.4) is 0 Å². The molecule has 0 N–H and O–H groups in total. The van der Waals surface area contributed by atoms with Crippen molar-refractivity contribution >= 4 is 34.6 Å². The van der Waals surface area contributed by atoms with Crippen LogP contribution in [0.25, 0.3) is 16.6 Å². The zero-order valence-electron chi connectivity index (χ0n) is 29.9. The Morgan fingerprint density at radius 3 is 2.30 bits per heavy atom. The van der Waals surface area contributed by atoms with Crippen LogP contribution in [0.5, 0.6) is 0 Å². The first-order valence-corrected chi connectivity index (χ1v) is 17.6. The SMILES string of the molecule is CC(C)N(C(=O)c1cc(F)ccc1-n1cc(C(=O)C2CCN(C(=O)[C@@H]3[C@@H]4C[C@@H](C[C@@H]4F)N3C(=O)OC(C)(C)C)CC2)c2ccncc21)C(C)C. The Labute approximate surface area is 291 Å². The smallest absolute Gasteiger partial charge is 0.411 e. The minimum atomic E-state index is -1.16. The first-order chi connectivity index (χ1) is 23.6. The standard InChI is InChI=1S/C38H47F2N5O5/c1-21(2)44(22(3)4)35(47)28-16-24(39)8-9-31(28)43-20-29(26-10-13-41-19-32(26)43)34(46)23-11-14-42(15-12-23)36(48)33-27-17-25(18-30(27)40)45(33)37(49)50-38(5,6)7/h8-10,13,16,19-23,25,27,30,33H,11-12,14-15,17-18H2,1-7H3/t25-,27+,30-,33-/m0/s1. The molecule has 3 fully saturated rings. The average molecular weight is 692 g/mol. The van der Waals surface area contributed by atoms with Gasteiger partial charge < -0.3 is 19.1 Å². The quantitative estimate of drug-likeness (QED) is 0.259. The van der Waals surface area contributed by atoms with Crippen molar-refractivity contribution in [3.63, 3.8) is 0 Å². The van der Waals surface area contributed by atoms with Gasteiger partial charge in [0.05, 0.1) is 23.0 Å². The molecule has 0 radical (unpaired) electrons. The molecular formula is C38H47F2N5O5. The third kappa shape index (κ3) is 6.49. The van der Waals surface area contributed by atoms with Crippen molar-refractivity contribution in [1.29, 1.82) is 0 Å². The molecule has 2 bridgehead atoms. The van der Waals surface area contributed by atoms with Gasteiger partial charge in [-0.3, -0.25) is 24.3 Å². The lowest BCUT2D eigenvalue weighted by atomic mass is 9.88. The van der Waals surface area contributed by atoms with E-state index in [2.05, 4.69) is 4.98 Å². The van der Waals surface area contributed by atoms with E-state index in [4.69, 9.17) is 4.74 Å². The Morgan fingerprint density at radius 1 is 0.980 bits per heavy atom. The summed E-state index contributed by atoms with van der Waals surface area (Å²) >= 11 is 0. The number of hydrogen-bond donors (Lipinski definition) is 0. The number of carbonyl (C=O) groups is 4. The van der Waals surface area contributed by atoms with Gasteiger partial charge in [-0.05, 0) is 98.4 Å². The molecule has 4 heterocycles. The first kappa shape index (κ1) is 35.5. The molecule has 268 valence electrons. The van der Waals surface area contributed by atoms with Crippen LogP contribution >= 0.6 is 0 Å². The molecular weight excluding hydrogens is 644 g/mol. The second-order valence-corrected chi connectivity index (χ2v) is 15.5. The molecule has 1 aliphatic carbocycles. The van der Waals surface area contributed by atoms with Crippen LogP contribution in [0.15, 0.2) is 42.9 Å². The number of hydrogen-bond acceptors (Lipinski definition) is 6. The van der Waals surface area contributed by atoms with Crippen molar-refractivity contribution in [2.45, 2.75) is 110 Å². The third-order valence-electron chi connectivity index (χ3n) is 10.3. The van der Waals surface area contributed by atoms with Gasteiger partial charge in [0.1, 0.15) is 23.6 Å². The molecule has 4 atom stereocenters. The summed E-state index contributed by atoms with van der Waals surface area (Å²) in [6.07, 6.45) is 4.59. The summed E-state index contributed by atoms with van der Waals surface area (Å²) in [5.41, 5.74) is 0.908. The number of benzene rings is 1. The Hall–Kier alpha value is -4.35. The zero-order valence-corrected chi connectivity index (χ0v) is 29.9. The Morgan fingerprint density at radius 2 is 1.66 bits per heavy atom. The summed E-state index contributed by atoms with van der Waals surface area (Å²) < 4.78 is 36.9. The van der Waals surface area contributed by atoms with Crippen molar-refractivity contribution in [1.82, 2.24) is 24.3 Å². The molecule has 3 aliphatic rings. The van der Waals surface area contributed by atoms with Crippen molar-refractivity contribution in [3.05, 3.63) is 59.8 Å². The molecule has 0 unspecified atom stereocenters. The van der Waals surface area contributed by atoms with E-state index in [1.807, 2.05) is 27.7 Å². The van der Waals surface area contributed by atoms with Crippen LogP contribution in [0.1, 0.15) is 94.9 Å². The lowest BCUT2D eigenvalue weighted by Crippen LogP contribution is -2.57. The van der Waals surface area contributed by atoms with Crippen LogP contribution in [0.4, 0.5) is 13.6 Å². The van der Waals surface area contributed by atoms with Gasteiger partial charge in [-0.15, -0.1) is 0 Å². The topological polar surface area (TPSA) is 105 Å². The maximum Gasteiger partial charge on any atom is 0.411 e. The molecule has 3 aromatic rings. The van der Waals surface area contributed by atoms with Crippen LogP contribution in [0.2, 0.25) is 0 Å². The maximum atomic E-state index is 14.9. The molecule has 6 rings (SSSR count). The number of carbonyl (C=O) groups excluding carboxylic acids is 4. The summed E-state index contributed by atoms with van der Waals surface area (Å²) in [5.74, 6) is -2.24. The van der Waals surface area contributed by atoms with Crippen LogP contribution < -0.4 is 0 Å². The van der Waals surface area contributed by atoms with E-state index in [1.54, 1.807) is 65.9 Å². The van der Waals surface area contributed by atoms with Gasteiger partial charge in [-0.2, -0.15) is 0 Å². The largest absolute Gasteiger partial charge is 0.444 e. The number of nitrogens with zero attached hydrogens (tertiary/aromatic N) is 5. The Bertz CT molecular complexity index is 1800. The molecule has 2 aliphatic heterocycles. The third-order valence-corrected chi connectivity index (χ3v) is 10.3. The second kappa shape index (κ2) is 13.4. The number of halogens is 2. The number of aromatic nitrogens is 2. The predicted octanol–water partition coefficient (Wildman–Crippen LogP) is 6.58. The molecule has 3 amide bonds. The zero-order chi connectivity index (χ0) is 36.2. The van der Waals surface area contributed by atoms with Crippen LogP contribution in [-0.2, 0) is 9.53 Å². The minimum Gasteiger partial charge on any atom is -0.444 e. The van der Waals surface area contributed by atoms with Crippen LogP contribution in [-0.4, -0.2) is 97.0 Å². The number of piperidine rings is 2. The van der Waals surface area contributed by atoms with Crippen LogP contribution in [0, 0.1) is 17.7 Å². The average Bonchev–Trinajstić information content (AvgIpc) is 3.74. The minimum absolute atomic E-state index is 0.104. The fraction of sp³-hybridized carbons (Fsp3) is 0.553. The first-order valence-electron chi connectivity index (χ1n) is 17.6. The van der Waals surface area contributed by atoms with E-state index in [-0.39, 0.29) is 47.7 Å². The lowest BCUT2D eigenvalue weighted by Gasteiger charge is -2.40. The molecule has 50 heavy (non-hydrogen) atoms. The van der Waals surface area contributed by atoms with E-state index in [1.165, 1.54) is 17.0 Å². The van der Waals surface area contributed by atoms with Crippen molar-refractivity contribution < 1.29 is 32.7 Å². The van der Waals surface area contributed by atoms with E-state index in [0.717, 1.165) is 0 Å². The number of rotatable bonds is 7. The fourth-order valence-corrected chi connectivity index (χ4v) is 8.19. The number of likely N-dealkylation sites (tertiary alicyclic amines) is 2. The summed E-state index contributed by atoms with van der Waals surface area (Å²) in [6, 6.07) is 4.28. The maximum absolute atomic E-state index is 14.9. The fourth-order valence-electron chi connectivity index (χ4n) is 8.19. The molecule has 1 aromatic carbocycles. The van der Waals surface area contributed by atoms with E-state index in [0.29, 0.717) is 54.5 Å². The molecule has 0 spiro atoms. The van der Waals surface area contributed by atoms with Crippen molar-refractivity contribution in [3.8, 4) is 5.69 Å². The van der Waals surface area contributed by atoms with Gasteiger partial charge in [0.15, 0.2) is 5.78 Å². The highest BCUT2D eigenvalue weighted by Gasteiger charge is 2.58. The summed E-state index contributed by atoms with van der Waals surface area (Å²) in [4.78, 5) is 64.2. The molecule has 12 heteroatoms. The highest BCUT2D eigenvalue weighted by atomic mass is 19.1. The van der Waals surface area contributed by atoms with Gasteiger partial charge in [-0.25, -0.2) is 13.6 Å². The molecule has 10 nitrogen and oxygen atoms in total. The summed E-state index contributed by atoms with van der Waals surface area (Å²) in [6.45, 7) is 13.5. The number of ketones is 1. The van der Waals surface area contributed by atoms with Crippen molar-refractivity contribution in [2.24, 2.45) is 11.8 Å². The number of ether oxygens (including phenoxy) is 1. The summed E-state index contributed by atoms with van der Waals surface area (Å²) in [5, 5.41) is 0.653.